The Hall–Kier alpha value is -2.67. The Bertz CT molecular complexity index is 971. The van der Waals surface area contributed by atoms with E-state index >= 15 is 0 Å². The summed E-state index contributed by atoms with van der Waals surface area (Å²) in [4.78, 5) is 28.2. The van der Waals surface area contributed by atoms with E-state index < -0.39 is 5.97 Å². The summed E-state index contributed by atoms with van der Waals surface area (Å²) in [7, 11) is 0. The molecule has 0 radical (unpaired) electrons. The Kier molecular flexibility index (Phi) is 8.38. The Labute approximate surface area is 201 Å². The molecule has 34 heavy (non-hydrogen) atoms. The number of aromatic nitrogens is 1. The van der Waals surface area contributed by atoms with Crippen molar-refractivity contribution >= 4 is 11.9 Å². The first-order valence-electron chi connectivity index (χ1n) is 12.7. The van der Waals surface area contributed by atoms with Gasteiger partial charge in [-0.3, -0.25) is 9.59 Å². The predicted octanol–water partition coefficient (Wildman–Crippen LogP) is 4.90. The zero-order chi connectivity index (χ0) is 23.9. The van der Waals surface area contributed by atoms with Gasteiger partial charge in [0.25, 0.3) is 5.91 Å². The molecule has 2 fully saturated rings. The Balaban J connectivity index is 1.41. The van der Waals surface area contributed by atoms with Crippen molar-refractivity contribution in [3.8, 4) is 0 Å². The minimum atomic E-state index is -0.789. The van der Waals surface area contributed by atoms with Gasteiger partial charge in [-0.05, 0) is 43.2 Å². The van der Waals surface area contributed by atoms with Crippen molar-refractivity contribution in [1.29, 1.82) is 0 Å². The number of nitrogens with zero attached hydrogens (tertiary/aromatic N) is 1. The van der Waals surface area contributed by atoms with Crippen molar-refractivity contribution in [3.05, 3.63) is 53.2 Å². The number of aryl methyl sites for hydroxylation is 1. The first-order valence-corrected chi connectivity index (χ1v) is 12.7. The molecular formula is C27H36N2O5. The normalized spacial score (nSPS) is 23.3. The van der Waals surface area contributed by atoms with Crippen molar-refractivity contribution in [3.63, 3.8) is 0 Å². The number of fused-ring (bicyclic) bond motifs is 2. The van der Waals surface area contributed by atoms with Crippen LogP contribution in [-0.2, 0) is 22.4 Å². The van der Waals surface area contributed by atoms with Crippen LogP contribution in [0.5, 0.6) is 0 Å². The lowest BCUT2D eigenvalue weighted by Gasteiger charge is -2.26. The number of hydrogen-bond acceptors (Lipinski definition) is 5. The molecule has 2 aromatic rings. The topological polar surface area (TPSA) is 102 Å². The summed E-state index contributed by atoms with van der Waals surface area (Å²) in [5.74, 6) is -0.208. The van der Waals surface area contributed by atoms with Crippen molar-refractivity contribution in [2.45, 2.75) is 89.3 Å². The summed E-state index contributed by atoms with van der Waals surface area (Å²) in [6, 6.07) is 8.04. The Morgan fingerprint density at radius 2 is 1.85 bits per heavy atom. The number of rotatable bonds is 13. The molecule has 2 aliphatic heterocycles. The second kappa shape index (κ2) is 11.6. The molecule has 4 atom stereocenters. The molecule has 2 aliphatic rings. The molecule has 2 saturated heterocycles. The van der Waals surface area contributed by atoms with Gasteiger partial charge >= 0.3 is 5.97 Å². The molecule has 3 heterocycles. The monoisotopic (exact) mass is 468 g/mol. The zero-order valence-corrected chi connectivity index (χ0v) is 20.0. The molecule has 0 spiro atoms. The maximum Gasteiger partial charge on any atom is 0.303 e. The standard InChI is InChI=1S/C27H36N2O5/c1-2-3-4-5-8-15-28-26(32)21-17-33-27(29-21)25-20(22-12-13-23(25)34-22)16-19-10-7-6-9-18(19)11-14-24(30)31/h6-7,9-10,17,20,22-23,25H,2-5,8,11-16H2,1H3,(H,28,32)(H,30,31)/t20-,22+,23-,25+/m1/s1. The number of hydrogen-bond donors (Lipinski definition) is 2. The van der Waals surface area contributed by atoms with E-state index in [2.05, 4.69) is 23.3 Å². The lowest BCUT2D eigenvalue weighted by atomic mass is 9.75. The van der Waals surface area contributed by atoms with Crippen LogP contribution in [0.3, 0.4) is 0 Å². The zero-order valence-electron chi connectivity index (χ0n) is 20.0. The highest BCUT2D eigenvalue weighted by Gasteiger charge is 2.51. The molecule has 7 heteroatoms. The van der Waals surface area contributed by atoms with Crippen molar-refractivity contribution < 1.29 is 23.8 Å². The molecule has 2 N–H and O–H groups in total. The number of amides is 1. The summed E-state index contributed by atoms with van der Waals surface area (Å²) < 4.78 is 12.1. The van der Waals surface area contributed by atoms with Crippen LogP contribution >= 0.6 is 0 Å². The number of carboxylic acid groups (broad SMARTS) is 1. The van der Waals surface area contributed by atoms with Crippen LogP contribution in [-0.4, -0.2) is 40.7 Å². The first-order chi connectivity index (χ1) is 16.6. The number of benzene rings is 1. The lowest BCUT2D eigenvalue weighted by molar-refractivity contribution is -0.136. The van der Waals surface area contributed by atoms with Crippen molar-refractivity contribution in [2.24, 2.45) is 5.92 Å². The molecule has 184 valence electrons. The van der Waals surface area contributed by atoms with Gasteiger partial charge in [0, 0.05) is 18.9 Å². The fourth-order valence-electron chi connectivity index (χ4n) is 5.44. The van der Waals surface area contributed by atoms with E-state index in [4.69, 9.17) is 14.3 Å². The average Bonchev–Trinajstić information content (AvgIpc) is 3.57. The van der Waals surface area contributed by atoms with Gasteiger partial charge in [-0.25, -0.2) is 4.98 Å². The number of unbranched alkanes of at least 4 members (excludes halogenated alkanes) is 4. The minimum Gasteiger partial charge on any atom is -0.481 e. The molecule has 1 amide bonds. The van der Waals surface area contributed by atoms with Gasteiger partial charge in [0.05, 0.1) is 18.1 Å². The van der Waals surface area contributed by atoms with Crippen molar-refractivity contribution in [1.82, 2.24) is 10.3 Å². The Morgan fingerprint density at radius 1 is 1.09 bits per heavy atom. The molecule has 7 nitrogen and oxygen atoms in total. The van der Waals surface area contributed by atoms with Crippen LogP contribution in [0.25, 0.3) is 0 Å². The third-order valence-corrected chi connectivity index (χ3v) is 7.21. The number of carbonyl (C=O) groups is 2. The Morgan fingerprint density at radius 3 is 2.65 bits per heavy atom. The van der Waals surface area contributed by atoms with Gasteiger partial charge in [0.1, 0.15) is 6.26 Å². The molecular weight excluding hydrogens is 432 g/mol. The van der Waals surface area contributed by atoms with Gasteiger partial charge < -0.3 is 19.6 Å². The third-order valence-electron chi connectivity index (χ3n) is 7.21. The van der Waals surface area contributed by atoms with Gasteiger partial charge in [-0.15, -0.1) is 0 Å². The van der Waals surface area contributed by atoms with Crippen LogP contribution in [0.15, 0.2) is 34.9 Å². The number of oxazole rings is 1. The predicted molar refractivity (Wildman–Crippen MR) is 128 cm³/mol. The third kappa shape index (κ3) is 5.87. The smallest absolute Gasteiger partial charge is 0.303 e. The van der Waals surface area contributed by atoms with Crippen LogP contribution < -0.4 is 5.32 Å². The number of carboxylic acids is 1. The van der Waals surface area contributed by atoms with E-state index in [1.54, 1.807) is 0 Å². The van der Waals surface area contributed by atoms with E-state index in [1.165, 1.54) is 25.5 Å². The fourth-order valence-corrected chi connectivity index (χ4v) is 5.44. The highest BCUT2D eigenvalue weighted by molar-refractivity contribution is 5.91. The van der Waals surface area contributed by atoms with E-state index in [0.717, 1.165) is 43.2 Å². The summed E-state index contributed by atoms with van der Waals surface area (Å²) in [6.07, 6.45) is 10.8. The summed E-state index contributed by atoms with van der Waals surface area (Å²) in [5, 5.41) is 12.1. The van der Waals surface area contributed by atoms with Crippen LogP contribution in [0.1, 0.15) is 91.7 Å². The van der Waals surface area contributed by atoms with E-state index in [1.807, 2.05) is 18.2 Å². The van der Waals surface area contributed by atoms with E-state index in [0.29, 0.717) is 24.6 Å². The van der Waals surface area contributed by atoms with Crippen molar-refractivity contribution in [2.75, 3.05) is 6.54 Å². The molecule has 2 bridgehead atoms. The minimum absolute atomic E-state index is 0.00173. The number of carbonyl (C=O) groups excluding carboxylic acids is 1. The quantitative estimate of drug-likeness (QED) is 0.406. The maximum atomic E-state index is 12.6. The van der Waals surface area contributed by atoms with Gasteiger partial charge in [-0.1, -0.05) is 56.9 Å². The molecule has 0 aliphatic carbocycles. The van der Waals surface area contributed by atoms with E-state index in [9.17, 15) is 9.59 Å². The highest BCUT2D eigenvalue weighted by Crippen LogP contribution is 2.49. The summed E-state index contributed by atoms with van der Waals surface area (Å²) >= 11 is 0. The molecule has 0 saturated carbocycles. The summed E-state index contributed by atoms with van der Waals surface area (Å²) in [5.41, 5.74) is 2.55. The van der Waals surface area contributed by atoms with E-state index in [-0.39, 0.29) is 36.4 Å². The molecule has 1 aromatic carbocycles. The first kappa shape index (κ1) is 24.5. The van der Waals surface area contributed by atoms with Crippen LogP contribution in [0.2, 0.25) is 0 Å². The highest BCUT2D eigenvalue weighted by atomic mass is 16.5. The summed E-state index contributed by atoms with van der Waals surface area (Å²) in [6.45, 7) is 2.84. The number of aliphatic carboxylic acids is 1. The molecule has 0 unspecified atom stereocenters. The van der Waals surface area contributed by atoms with Crippen LogP contribution in [0.4, 0.5) is 0 Å². The van der Waals surface area contributed by atoms with Gasteiger partial charge in [-0.2, -0.15) is 0 Å². The second-order valence-electron chi connectivity index (χ2n) is 9.59. The van der Waals surface area contributed by atoms with Gasteiger partial charge in [0.2, 0.25) is 5.89 Å². The molecule has 4 rings (SSSR count). The number of nitrogens with one attached hydrogen (secondary N) is 1. The van der Waals surface area contributed by atoms with Gasteiger partial charge in [0.15, 0.2) is 5.69 Å². The average molecular weight is 469 g/mol. The molecule has 1 aromatic heterocycles. The van der Waals surface area contributed by atoms with Crippen LogP contribution in [0, 0.1) is 5.92 Å². The number of ether oxygens (including phenoxy) is 1. The second-order valence-corrected chi connectivity index (χ2v) is 9.59. The fraction of sp³-hybridized carbons (Fsp3) is 0.593. The maximum absolute atomic E-state index is 12.6. The largest absolute Gasteiger partial charge is 0.481 e. The lowest BCUT2D eigenvalue weighted by Crippen LogP contribution is -2.28. The SMILES string of the molecule is CCCCCCCNC(=O)c1coc([C@H]2[C@H](Cc3ccccc3CCC(=O)O)[C@@H]3CC[C@H]2O3)n1.